The maximum Gasteiger partial charge on any atom is 0.342 e. The van der Waals surface area contributed by atoms with Crippen LogP contribution in [-0.2, 0) is 4.74 Å². The van der Waals surface area contributed by atoms with Crippen LogP contribution < -0.4 is 4.74 Å². The SMILES string of the molecule is CC(=O)c1ccccc1OCCOC(=O)c1cn[nH]c1-c1ccccc1. The molecule has 0 saturated heterocycles. The van der Waals surface area contributed by atoms with Crippen LogP contribution in [0.3, 0.4) is 0 Å². The highest BCUT2D eigenvalue weighted by molar-refractivity contribution is 5.97. The maximum atomic E-state index is 12.3. The predicted molar refractivity (Wildman–Crippen MR) is 96.2 cm³/mol. The van der Waals surface area contributed by atoms with E-state index in [4.69, 9.17) is 9.47 Å². The van der Waals surface area contributed by atoms with Crippen LogP contribution in [0.15, 0.2) is 60.8 Å². The van der Waals surface area contributed by atoms with Gasteiger partial charge in [-0.05, 0) is 19.1 Å². The molecule has 0 saturated carbocycles. The third kappa shape index (κ3) is 3.97. The van der Waals surface area contributed by atoms with E-state index in [2.05, 4.69) is 10.2 Å². The van der Waals surface area contributed by atoms with Crippen LogP contribution in [0.4, 0.5) is 0 Å². The van der Waals surface area contributed by atoms with Crippen molar-refractivity contribution in [2.24, 2.45) is 0 Å². The minimum absolute atomic E-state index is 0.0600. The highest BCUT2D eigenvalue weighted by Crippen LogP contribution is 2.21. The zero-order valence-electron chi connectivity index (χ0n) is 14.3. The summed E-state index contributed by atoms with van der Waals surface area (Å²) in [5.74, 6) is -0.0890. The minimum atomic E-state index is -0.485. The van der Waals surface area contributed by atoms with Crippen molar-refractivity contribution in [3.8, 4) is 17.0 Å². The Morgan fingerprint density at radius 2 is 1.69 bits per heavy atom. The first-order valence-corrected chi connectivity index (χ1v) is 8.15. The molecule has 1 N–H and O–H groups in total. The van der Waals surface area contributed by atoms with Crippen molar-refractivity contribution < 1.29 is 19.1 Å². The standard InChI is InChI=1S/C20H18N2O4/c1-14(23)16-9-5-6-10-18(16)25-11-12-26-20(24)17-13-21-22-19(17)15-7-3-2-4-8-15/h2-10,13H,11-12H2,1H3,(H,21,22). The molecule has 0 aliphatic rings. The van der Waals surface area contributed by atoms with Crippen LogP contribution in [0, 0.1) is 0 Å². The molecule has 1 aromatic heterocycles. The molecular weight excluding hydrogens is 332 g/mol. The number of carbonyl (C=O) groups excluding carboxylic acids is 2. The van der Waals surface area contributed by atoms with E-state index in [1.54, 1.807) is 24.3 Å². The molecule has 0 fully saturated rings. The van der Waals surface area contributed by atoms with Crippen LogP contribution in [-0.4, -0.2) is 35.2 Å². The van der Waals surface area contributed by atoms with Gasteiger partial charge in [0.25, 0.3) is 0 Å². The number of aromatic nitrogens is 2. The number of ketones is 1. The predicted octanol–water partition coefficient (Wildman–Crippen LogP) is 3.52. The van der Waals surface area contributed by atoms with Crippen molar-refractivity contribution in [3.05, 3.63) is 71.9 Å². The van der Waals surface area contributed by atoms with Gasteiger partial charge in [0.2, 0.25) is 0 Å². The summed E-state index contributed by atoms with van der Waals surface area (Å²) < 4.78 is 10.8. The van der Waals surface area contributed by atoms with Gasteiger partial charge in [-0.3, -0.25) is 9.89 Å². The summed E-state index contributed by atoms with van der Waals surface area (Å²) in [4.78, 5) is 23.9. The second-order valence-corrected chi connectivity index (χ2v) is 5.56. The Bertz CT molecular complexity index is 903. The number of ether oxygens (including phenoxy) is 2. The number of H-pyrrole nitrogens is 1. The number of rotatable bonds is 7. The second kappa shape index (κ2) is 8.11. The normalized spacial score (nSPS) is 10.3. The van der Waals surface area contributed by atoms with E-state index in [0.717, 1.165) is 5.56 Å². The fourth-order valence-electron chi connectivity index (χ4n) is 2.51. The zero-order valence-corrected chi connectivity index (χ0v) is 14.3. The minimum Gasteiger partial charge on any atom is -0.489 e. The Hall–Kier alpha value is -3.41. The third-order valence-electron chi connectivity index (χ3n) is 3.76. The first-order chi connectivity index (χ1) is 12.7. The van der Waals surface area contributed by atoms with Crippen LogP contribution in [0.5, 0.6) is 5.75 Å². The summed E-state index contributed by atoms with van der Waals surface area (Å²) in [6.07, 6.45) is 1.44. The highest BCUT2D eigenvalue weighted by Gasteiger charge is 2.16. The molecule has 0 radical (unpaired) electrons. The largest absolute Gasteiger partial charge is 0.489 e. The summed E-state index contributed by atoms with van der Waals surface area (Å²) in [5, 5.41) is 6.75. The smallest absolute Gasteiger partial charge is 0.342 e. The van der Waals surface area contributed by atoms with Gasteiger partial charge in [-0.1, -0.05) is 42.5 Å². The Morgan fingerprint density at radius 3 is 2.46 bits per heavy atom. The van der Waals surface area contributed by atoms with Crippen molar-refractivity contribution in [3.63, 3.8) is 0 Å². The third-order valence-corrected chi connectivity index (χ3v) is 3.76. The second-order valence-electron chi connectivity index (χ2n) is 5.56. The van der Waals surface area contributed by atoms with E-state index in [1.807, 2.05) is 30.3 Å². The fraction of sp³-hybridized carbons (Fsp3) is 0.150. The lowest BCUT2D eigenvalue weighted by atomic mass is 10.1. The molecule has 0 amide bonds. The van der Waals surface area contributed by atoms with Gasteiger partial charge in [0.15, 0.2) is 5.78 Å². The number of carbonyl (C=O) groups is 2. The molecule has 3 aromatic rings. The van der Waals surface area contributed by atoms with Crippen LogP contribution in [0.1, 0.15) is 27.6 Å². The zero-order chi connectivity index (χ0) is 18.4. The number of hydrogen-bond acceptors (Lipinski definition) is 5. The number of aromatic amines is 1. The number of esters is 1. The molecule has 0 aliphatic heterocycles. The van der Waals surface area contributed by atoms with Gasteiger partial charge in [0.1, 0.15) is 24.5 Å². The number of Topliss-reactive ketones (excluding diaryl/α,β-unsaturated/α-hetero) is 1. The van der Waals surface area contributed by atoms with Crippen molar-refractivity contribution in [2.45, 2.75) is 6.92 Å². The molecule has 2 aromatic carbocycles. The van der Waals surface area contributed by atoms with E-state index in [0.29, 0.717) is 22.6 Å². The van der Waals surface area contributed by atoms with E-state index in [1.165, 1.54) is 13.1 Å². The van der Waals surface area contributed by atoms with Crippen LogP contribution in [0.2, 0.25) is 0 Å². The Balaban J connectivity index is 1.58. The summed E-state index contributed by atoms with van der Waals surface area (Å²) in [6.45, 7) is 1.69. The Labute approximate surface area is 150 Å². The fourth-order valence-corrected chi connectivity index (χ4v) is 2.51. The summed E-state index contributed by atoms with van der Waals surface area (Å²) in [6, 6.07) is 16.4. The molecule has 6 nitrogen and oxygen atoms in total. The quantitative estimate of drug-likeness (QED) is 0.401. The molecule has 0 atom stereocenters. The highest BCUT2D eigenvalue weighted by atomic mass is 16.6. The molecule has 1 heterocycles. The van der Waals surface area contributed by atoms with Gasteiger partial charge in [0, 0.05) is 5.56 Å². The number of hydrogen-bond donors (Lipinski definition) is 1. The van der Waals surface area contributed by atoms with Crippen molar-refractivity contribution in [1.29, 1.82) is 0 Å². The Morgan fingerprint density at radius 1 is 0.962 bits per heavy atom. The average Bonchev–Trinajstić information content (AvgIpc) is 3.16. The van der Waals surface area contributed by atoms with Gasteiger partial charge in [-0.15, -0.1) is 0 Å². The summed E-state index contributed by atoms with van der Waals surface area (Å²) in [5.41, 5.74) is 2.32. The average molecular weight is 350 g/mol. The van der Waals surface area contributed by atoms with E-state index in [-0.39, 0.29) is 19.0 Å². The number of benzene rings is 2. The van der Waals surface area contributed by atoms with Gasteiger partial charge in [-0.25, -0.2) is 4.79 Å². The molecular formula is C20H18N2O4. The molecule has 0 bridgehead atoms. The lowest BCUT2D eigenvalue weighted by Crippen LogP contribution is -2.13. The molecule has 0 aliphatic carbocycles. The molecule has 132 valence electrons. The maximum absolute atomic E-state index is 12.3. The Kier molecular flexibility index (Phi) is 5.43. The van der Waals surface area contributed by atoms with Crippen molar-refractivity contribution in [1.82, 2.24) is 10.2 Å². The van der Waals surface area contributed by atoms with E-state index in [9.17, 15) is 9.59 Å². The van der Waals surface area contributed by atoms with Gasteiger partial charge >= 0.3 is 5.97 Å². The van der Waals surface area contributed by atoms with E-state index >= 15 is 0 Å². The lowest BCUT2D eigenvalue weighted by molar-refractivity contribution is 0.0450. The van der Waals surface area contributed by atoms with E-state index < -0.39 is 5.97 Å². The van der Waals surface area contributed by atoms with Crippen molar-refractivity contribution >= 4 is 11.8 Å². The number of nitrogens with one attached hydrogen (secondary N) is 1. The number of para-hydroxylation sites is 1. The summed E-state index contributed by atoms with van der Waals surface area (Å²) >= 11 is 0. The molecule has 3 rings (SSSR count). The monoisotopic (exact) mass is 350 g/mol. The first-order valence-electron chi connectivity index (χ1n) is 8.15. The topological polar surface area (TPSA) is 81.3 Å². The van der Waals surface area contributed by atoms with Gasteiger partial charge in [0.05, 0.1) is 17.5 Å². The molecule has 0 spiro atoms. The first kappa shape index (κ1) is 17.4. The van der Waals surface area contributed by atoms with Crippen LogP contribution >= 0.6 is 0 Å². The summed E-state index contributed by atoms with van der Waals surface area (Å²) in [7, 11) is 0. The van der Waals surface area contributed by atoms with Crippen LogP contribution in [0.25, 0.3) is 11.3 Å². The molecule has 26 heavy (non-hydrogen) atoms. The van der Waals surface area contributed by atoms with Crippen molar-refractivity contribution in [2.75, 3.05) is 13.2 Å². The lowest BCUT2D eigenvalue weighted by Gasteiger charge is -2.10. The number of nitrogens with zero attached hydrogens (tertiary/aromatic N) is 1. The molecule has 6 heteroatoms. The molecule has 0 unspecified atom stereocenters. The van der Waals surface area contributed by atoms with Gasteiger partial charge in [-0.2, -0.15) is 5.10 Å². The van der Waals surface area contributed by atoms with Gasteiger partial charge < -0.3 is 9.47 Å².